The molecule has 0 atom stereocenters. The molecule has 1 heterocycles. The maximum Gasteiger partial charge on any atom is 0.413 e. The monoisotopic (exact) mass is 372 g/mol. The van der Waals surface area contributed by atoms with Crippen molar-refractivity contribution in [1.29, 1.82) is 0 Å². The highest BCUT2D eigenvalue weighted by Crippen LogP contribution is 2.25. The summed E-state index contributed by atoms with van der Waals surface area (Å²) in [6.07, 6.45) is -0.889. The van der Waals surface area contributed by atoms with Crippen molar-refractivity contribution in [3.63, 3.8) is 0 Å². The SMILES string of the molecule is COC(=O)NC(=O)c1ccsc1NC(=O)c1cc(Cl)cc(Cl)c1. The van der Waals surface area contributed by atoms with Crippen molar-refractivity contribution < 1.29 is 19.1 Å². The molecule has 23 heavy (non-hydrogen) atoms. The van der Waals surface area contributed by atoms with Gasteiger partial charge in [0.2, 0.25) is 0 Å². The summed E-state index contributed by atoms with van der Waals surface area (Å²) in [6, 6.07) is 5.87. The Labute approximate surface area is 145 Å². The normalized spacial score (nSPS) is 10.0. The zero-order valence-corrected chi connectivity index (χ0v) is 14.0. The molecule has 0 aliphatic carbocycles. The first kappa shape index (κ1) is 17.3. The van der Waals surface area contributed by atoms with Gasteiger partial charge in [-0.1, -0.05) is 23.2 Å². The number of imide groups is 1. The minimum Gasteiger partial charge on any atom is -0.453 e. The Balaban J connectivity index is 2.18. The number of anilines is 1. The first-order chi connectivity index (χ1) is 10.9. The number of carbonyl (C=O) groups is 3. The summed E-state index contributed by atoms with van der Waals surface area (Å²) in [5, 5.41) is 7.12. The van der Waals surface area contributed by atoms with E-state index in [4.69, 9.17) is 23.2 Å². The number of thiophene rings is 1. The Kier molecular flexibility index (Phi) is 5.59. The van der Waals surface area contributed by atoms with Crippen LogP contribution in [0.2, 0.25) is 10.0 Å². The number of carbonyl (C=O) groups excluding carboxylic acids is 3. The molecule has 1 aromatic carbocycles. The van der Waals surface area contributed by atoms with Crippen LogP contribution in [-0.4, -0.2) is 25.0 Å². The van der Waals surface area contributed by atoms with Gasteiger partial charge in [-0.05, 0) is 29.6 Å². The average Bonchev–Trinajstić information content (AvgIpc) is 2.94. The second-order valence-electron chi connectivity index (χ2n) is 4.22. The molecule has 2 rings (SSSR count). The molecule has 0 radical (unpaired) electrons. The third-order valence-electron chi connectivity index (χ3n) is 2.66. The van der Waals surface area contributed by atoms with Crippen LogP contribution in [0.25, 0.3) is 0 Å². The molecule has 0 aliphatic heterocycles. The first-order valence-corrected chi connectivity index (χ1v) is 7.78. The number of alkyl carbamates (subject to hydrolysis) is 1. The summed E-state index contributed by atoms with van der Waals surface area (Å²) in [7, 11) is 1.14. The van der Waals surface area contributed by atoms with Crippen molar-refractivity contribution in [3.8, 4) is 0 Å². The fraction of sp³-hybridized carbons (Fsp3) is 0.0714. The molecule has 2 aromatic rings. The number of nitrogens with one attached hydrogen (secondary N) is 2. The van der Waals surface area contributed by atoms with Crippen molar-refractivity contribution in [2.24, 2.45) is 0 Å². The topological polar surface area (TPSA) is 84.5 Å². The van der Waals surface area contributed by atoms with E-state index < -0.39 is 17.9 Å². The highest BCUT2D eigenvalue weighted by molar-refractivity contribution is 7.14. The van der Waals surface area contributed by atoms with Crippen molar-refractivity contribution in [1.82, 2.24) is 5.32 Å². The fourth-order valence-corrected chi connectivity index (χ4v) is 2.96. The van der Waals surface area contributed by atoms with E-state index in [-0.39, 0.29) is 16.1 Å². The van der Waals surface area contributed by atoms with E-state index in [2.05, 4.69) is 10.1 Å². The summed E-state index contributed by atoms with van der Waals surface area (Å²) < 4.78 is 4.35. The Hall–Kier alpha value is -2.09. The van der Waals surface area contributed by atoms with Gasteiger partial charge in [-0.15, -0.1) is 11.3 Å². The smallest absolute Gasteiger partial charge is 0.413 e. The lowest BCUT2D eigenvalue weighted by molar-refractivity contribution is 0.0938. The zero-order chi connectivity index (χ0) is 17.0. The highest BCUT2D eigenvalue weighted by atomic mass is 35.5. The van der Waals surface area contributed by atoms with E-state index in [0.717, 1.165) is 18.4 Å². The van der Waals surface area contributed by atoms with Crippen LogP contribution < -0.4 is 10.6 Å². The Morgan fingerprint density at radius 2 is 1.74 bits per heavy atom. The van der Waals surface area contributed by atoms with Gasteiger partial charge in [0.15, 0.2) is 0 Å². The van der Waals surface area contributed by atoms with Crippen LogP contribution in [0.5, 0.6) is 0 Å². The Morgan fingerprint density at radius 1 is 1.09 bits per heavy atom. The molecule has 6 nitrogen and oxygen atoms in total. The molecular weight excluding hydrogens is 363 g/mol. The van der Waals surface area contributed by atoms with E-state index in [9.17, 15) is 14.4 Å². The van der Waals surface area contributed by atoms with E-state index in [1.807, 2.05) is 5.32 Å². The predicted octanol–water partition coefficient (Wildman–Crippen LogP) is 3.80. The average molecular weight is 373 g/mol. The Bertz CT molecular complexity index is 756. The van der Waals surface area contributed by atoms with Gasteiger partial charge in [0.1, 0.15) is 5.00 Å². The number of hydrogen-bond donors (Lipinski definition) is 2. The molecule has 3 amide bonds. The molecular formula is C14H10Cl2N2O4S. The van der Waals surface area contributed by atoms with Crippen molar-refractivity contribution in [3.05, 3.63) is 50.8 Å². The second-order valence-corrected chi connectivity index (χ2v) is 6.01. The van der Waals surface area contributed by atoms with Gasteiger partial charge in [0.25, 0.3) is 11.8 Å². The van der Waals surface area contributed by atoms with E-state index in [0.29, 0.717) is 10.0 Å². The van der Waals surface area contributed by atoms with Gasteiger partial charge in [-0.25, -0.2) is 4.79 Å². The molecule has 0 unspecified atom stereocenters. The van der Waals surface area contributed by atoms with Crippen LogP contribution in [-0.2, 0) is 4.74 Å². The van der Waals surface area contributed by atoms with E-state index in [1.54, 1.807) is 5.38 Å². The lowest BCUT2D eigenvalue weighted by Crippen LogP contribution is -2.30. The molecule has 0 bridgehead atoms. The number of ether oxygens (including phenoxy) is 1. The number of hydrogen-bond acceptors (Lipinski definition) is 5. The van der Waals surface area contributed by atoms with Gasteiger partial charge < -0.3 is 10.1 Å². The van der Waals surface area contributed by atoms with Gasteiger partial charge in [-0.2, -0.15) is 0 Å². The lowest BCUT2D eigenvalue weighted by Gasteiger charge is -2.07. The third-order valence-corrected chi connectivity index (χ3v) is 3.93. The van der Waals surface area contributed by atoms with E-state index >= 15 is 0 Å². The summed E-state index contributed by atoms with van der Waals surface area (Å²) in [6.45, 7) is 0. The number of benzene rings is 1. The van der Waals surface area contributed by atoms with Gasteiger partial charge in [-0.3, -0.25) is 14.9 Å². The molecule has 1 aromatic heterocycles. The number of methoxy groups -OCH3 is 1. The van der Waals surface area contributed by atoms with Crippen molar-refractivity contribution >= 4 is 57.4 Å². The number of halogens is 2. The predicted molar refractivity (Wildman–Crippen MR) is 88.6 cm³/mol. The maximum atomic E-state index is 12.2. The molecule has 0 saturated carbocycles. The first-order valence-electron chi connectivity index (χ1n) is 6.15. The lowest BCUT2D eigenvalue weighted by atomic mass is 10.2. The van der Waals surface area contributed by atoms with Crippen LogP contribution in [0, 0.1) is 0 Å². The van der Waals surface area contributed by atoms with Crippen LogP contribution in [0.15, 0.2) is 29.6 Å². The molecule has 9 heteroatoms. The second kappa shape index (κ2) is 7.45. The van der Waals surface area contributed by atoms with Crippen LogP contribution in [0.3, 0.4) is 0 Å². The quantitative estimate of drug-likeness (QED) is 0.857. The summed E-state index contributed by atoms with van der Waals surface area (Å²) in [5.74, 6) is -1.17. The van der Waals surface area contributed by atoms with Gasteiger partial charge in [0, 0.05) is 15.6 Å². The summed E-state index contributed by atoms with van der Waals surface area (Å²) >= 11 is 12.8. The summed E-state index contributed by atoms with van der Waals surface area (Å²) in [5.41, 5.74) is 0.386. The number of amides is 3. The molecule has 120 valence electrons. The minimum atomic E-state index is -0.889. The molecule has 0 fully saturated rings. The minimum absolute atomic E-state index is 0.141. The highest BCUT2D eigenvalue weighted by Gasteiger charge is 2.18. The van der Waals surface area contributed by atoms with Crippen LogP contribution >= 0.6 is 34.5 Å². The van der Waals surface area contributed by atoms with Gasteiger partial charge >= 0.3 is 6.09 Å². The van der Waals surface area contributed by atoms with Crippen LogP contribution in [0.4, 0.5) is 9.80 Å². The van der Waals surface area contributed by atoms with Gasteiger partial charge in [0.05, 0.1) is 12.7 Å². The van der Waals surface area contributed by atoms with Crippen molar-refractivity contribution in [2.75, 3.05) is 12.4 Å². The van der Waals surface area contributed by atoms with Crippen LogP contribution in [0.1, 0.15) is 20.7 Å². The third kappa shape index (κ3) is 4.44. The zero-order valence-electron chi connectivity index (χ0n) is 11.7. The van der Waals surface area contributed by atoms with E-state index in [1.165, 1.54) is 24.3 Å². The fourth-order valence-electron chi connectivity index (χ4n) is 1.66. The summed E-state index contributed by atoms with van der Waals surface area (Å²) in [4.78, 5) is 35.2. The number of rotatable bonds is 3. The maximum absolute atomic E-state index is 12.2. The molecule has 2 N–H and O–H groups in total. The van der Waals surface area contributed by atoms with Crippen molar-refractivity contribution in [2.45, 2.75) is 0 Å². The molecule has 0 aliphatic rings. The Morgan fingerprint density at radius 3 is 2.35 bits per heavy atom. The largest absolute Gasteiger partial charge is 0.453 e. The molecule has 0 spiro atoms. The standard InChI is InChI=1S/C14H10Cl2N2O4S/c1-22-14(21)18-12(20)10-2-3-23-13(10)17-11(19)7-4-8(15)6-9(16)5-7/h2-6H,1H3,(H,17,19)(H,18,20,21). The molecule has 0 saturated heterocycles.